The maximum absolute atomic E-state index is 4.58. The van der Waals surface area contributed by atoms with Gasteiger partial charge in [0, 0.05) is 11.9 Å². The van der Waals surface area contributed by atoms with Gasteiger partial charge in [0.25, 0.3) is 0 Å². The van der Waals surface area contributed by atoms with Crippen LogP contribution < -0.4 is 5.32 Å². The van der Waals surface area contributed by atoms with E-state index >= 15 is 0 Å². The van der Waals surface area contributed by atoms with Gasteiger partial charge in [0.05, 0.1) is 17.6 Å². The molecule has 1 aromatic carbocycles. The lowest BCUT2D eigenvalue weighted by Gasteiger charge is -2.02. The molecule has 0 amide bonds. The van der Waals surface area contributed by atoms with Crippen molar-refractivity contribution >= 4 is 17.0 Å². The van der Waals surface area contributed by atoms with E-state index in [9.17, 15) is 0 Å². The van der Waals surface area contributed by atoms with Crippen molar-refractivity contribution in [2.45, 2.75) is 27.3 Å². The van der Waals surface area contributed by atoms with E-state index in [2.05, 4.69) is 51.2 Å². The van der Waals surface area contributed by atoms with E-state index < -0.39 is 0 Å². The molecule has 5 heteroatoms. The summed E-state index contributed by atoms with van der Waals surface area (Å²) in [6.45, 7) is 6.73. The number of fused-ring (bicyclic) bond motifs is 1. The topological polar surface area (TPSA) is 66.5 Å². The number of nitrogens with one attached hydrogen (secondary N) is 2. The van der Waals surface area contributed by atoms with Gasteiger partial charge in [-0.3, -0.25) is 0 Å². The Morgan fingerprint density at radius 1 is 1.10 bits per heavy atom. The van der Waals surface area contributed by atoms with Crippen molar-refractivity contribution in [2.75, 3.05) is 5.32 Å². The third kappa shape index (κ3) is 2.47. The molecule has 2 N–H and O–H groups in total. The van der Waals surface area contributed by atoms with E-state index in [1.54, 1.807) is 6.20 Å². The number of hydrogen-bond acceptors (Lipinski definition) is 4. The number of rotatable bonds is 3. The molecule has 0 atom stereocenters. The number of nitrogens with zero attached hydrogens (tertiary/aromatic N) is 3. The molecule has 0 aliphatic carbocycles. The molecule has 2 aromatic heterocycles. The summed E-state index contributed by atoms with van der Waals surface area (Å²) in [5.74, 6) is 1.51. The fraction of sp³-hybridized carbons (Fsp3) is 0.267. The highest BCUT2D eigenvalue weighted by molar-refractivity contribution is 5.77. The first kappa shape index (κ1) is 12.6. The average Bonchev–Trinajstić information content (AvgIpc) is 2.79. The highest BCUT2D eigenvalue weighted by Crippen LogP contribution is 2.17. The monoisotopic (exact) mass is 267 g/mol. The maximum atomic E-state index is 4.58. The Bertz CT molecular complexity index is 721. The molecule has 0 saturated carbocycles. The van der Waals surface area contributed by atoms with Gasteiger partial charge in [0.1, 0.15) is 5.82 Å². The second-order valence-corrected chi connectivity index (χ2v) is 5.01. The van der Waals surface area contributed by atoms with E-state index in [-0.39, 0.29) is 0 Å². The molecule has 2 heterocycles. The molecule has 0 spiro atoms. The van der Waals surface area contributed by atoms with Crippen LogP contribution in [-0.2, 0) is 6.54 Å². The molecule has 0 radical (unpaired) electrons. The summed E-state index contributed by atoms with van der Waals surface area (Å²) in [5.41, 5.74) is 5.52. The fourth-order valence-corrected chi connectivity index (χ4v) is 2.10. The molecule has 20 heavy (non-hydrogen) atoms. The zero-order chi connectivity index (χ0) is 14.1. The number of aromatic amines is 1. The normalized spacial score (nSPS) is 10.9. The zero-order valence-corrected chi connectivity index (χ0v) is 11.9. The van der Waals surface area contributed by atoms with Crippen LogP contribution in [0, 0.1) is 20.8 Å². The summed E-state index contributed by atoms with van der Waals surface area (Å²) in [4.78, 5) is 16.4. The standard InChI is InChI=1S/C15H17N5/c1-9-6-12-13(7-10(9)2)20-14(19-12)8-17-15-16-5-4-11(3)18-15/h4-7H,8H2,1-3H3,(H,19,20)(H,16,17,18). The van der Waals surface area contributed by atoms with E-state index in [1.807, 2.05) is 13.0 Å². The highest BCUT2D eigenvalue weighted by atomic mass is 15.1. The van der Waals surface area contributed by atoms with Crippen molar-refractivity contribution in [1.29, 1.82) is 0 Å². The summed E-state index contributed by atoms with van der Waals surface area (Å²) in [7, 11) is 0. The molecule has 0 bridgehead atoms. The van der Waals surface area contributed by atoms with Gasteiger partial charge in [-0.15, -0.1) is 0 Å². The van der Waals surface area contributed by atoms with E-state index in [0.717, 1.165) is 22.6 Å². The van der Waals surface area contributed by atoms with Crippen LogP contribution in [0.1, 0.15) is 22.6 Å². The van der Waals surface area contributed by atoms with Crippen molar-refractivity contribution in [3.05, 3.63) is 47.0 Å². The van der Waals surface area contributed by atoms with Crippen LogP contribution >= 0.6 is 0 Å². The molecular weight excluding hydrogens is 250 g/mol. The minimum absolute atomic E-state index is 0.580. The van der Waals surface area contributed by atoms with Crippen LogP contribution in [0.3, 0.4) is 0 Å². The Labute approximate surface area is 117 Å². The zero-order valence-electron chi connectivity index (χ0n) is 11.9. The molecule has 102 valence electrons. The Morgan fingerprint density at radius 3 is 2.70 bits per heavy atom. The number of anilines is 1. The van der Waals surface area contributed by atoms with Crippen molar-refractivity contribution in [2.24, 2.45) is 0 Å². The van der Waals surface area contributed by atoms with Crippen molar-refractivity contribution in [3.8, 4) is 0 Å². The average molecular weight is 267 g/mol. The third-order valence-electron chi connectivity index (χ3n) is 3.36. The van der Waals surface area contributed by atoms with E-state index in [0.29, 0.717) is 12.5 Å². The first-order valence-electron chi connectivity index (χ1n) is 6.61. The molecular formula is C15H17N5. The predicted octanol–water partition coefficient (Wildman–Crippen LogP) is 2.89. The maximum Gasteiger partial charge on any atom is 0.223 e. The number of benzene rings is 1. The van der Waals surface area contributed by atoms with Gasteiger partial charge in [0.2, 0.25) is 5.95 Å². The molecule has 0 aliphatic heterocycles. The number of hydrogen-bond donors (Lipinski definition) is 2. The molecule has 3 aromatic rings. The van der Waals surface area contributed by atoms with Crippen molar-refractivity contribution in [1.82, 2.24) is 19.9 Å². The summed E-state index contributed by atoms with van der Waals surface area (Å²) >= 11 is 0. The van der Waals surface area contributed by atoms with Crippen LogP contribution in [0.5, 0.6) is 0 Å². The van der Waals surface area contributed by atoms with Crippen LogP contribution in [-0.4, -0.2) is 19.9 Å². The quantitative estimate of drug-likeness (QED) is 0.765. The van der Waals surface area contributed by atoms with Gasteiger partial charge in [-0.25, -0.2) is 15.0 Å². The number of H-pyrrole nitrogens is 1. The lowest BCUT2D eigenvalue weighted by molar-refractivity contribution is 0.967. The first-order valence-corrected chi connectivity index (χ1v) is 6.61. The SMILES string of the molecule is Cc1ccnc(NCc2nc3cc(C)c(C)cc3[nH]2)n1. The van der Waals surface area contributed by atoms with Crippen LogP contribution in [0.4, 0.5) is 5.95 Å². The van der Waals surface area contributed by atoms with Gasteiger partial charge in [-0.05, 0) is 50.1 Å². The van der Waals surface area contributed by atoms with E-state index in [4.69, 9.17) is 0 Å². The van der Waals surface area contributed by atoms with Gasteiger partial charge >= 0.3 is 0 Å². The molecule has 3 rings (SSSR count). The molecule has 0 saturated heterocycles. The van der Waals surface area contributed by atoms with Crippen LogP contribution in [0.15, 0.2) is 24.4 Å². The molecule has 5 nitrogen and oxygen atoms in total. The Morgan fingerprint density at radius 2 is 1.90 bits per heavy atom. The number of aryl methyl sites for hydroxylation is 3. The minimum Gasteiger partial charge on any atom is -0.347 e. The van der Waals surface area contributed by atoms with Gasteiger partial charge in [-0.2, -0.15) is 0 Å². The summed E-state index contributed by atoms with van der Waals surface area (Å²) in [5, 5.41) is 3.18. The lowest BCUT2D eigenvalue weighted by atomic mass is 10.1. The second kappa shape index (κ2) is 4.92. The number of aromatic nitrogens is 4. The third-order valence-corrected chi connectivity index (χ3v) is 3.36. The number of imidazole rings is 1. The second-order valence-electron chi connectivity index (χ2n) is 5.01. The molecule has 0 unspecified atom stereocenters. The molecule has 0 aliphatic rings. The predicted molar refractivity (Wildman–Crippen MR) is 79.7 cm³/mol. The van der Waals surface area contributed by atoms with Gasteiger partial charge in [-0.1, -0.05) is 0 Å². The smallest absolute Gasteiger partial charge is 0.223 e. The van der Waals surface area contributed by atoms with E-state index in [1.165, 1.54) is 11.1 Å². The largest absolute Gasteiger partial charge is 0.347 e. The van der Waals surface area contributed by atoms with Gasteiger partial charge in [0.15, 0.2) is 0 Å². The fourth-order valence-electron chi connectivity index (χ4n) is 2.10. The summed E-state index contributed by atoms with van der Waals surface area (Å²) in [6, 6.07) is 6.11. The summed E-state index contributed by atoms with van der Waals surface area (Å²) in [6.07, 6.45) is 1.75. The Hall–Kier alpha value is -2.43. The summed E-state index contributed by atoms with van der Waals surface area (Å²) < 4.78 is 0. The lowest BCUT2D eigenvalue weighted by Crippen LogP contribution is -2.05. The molecule has 0 fully saturated rings. The Balaban J connectivity index is 1.81. The van der Waals surface area contributed by atoms with Crippen molar-refractivity contribution in [3.63, 3.8) is 0 Å². The van der Waals surface area contributed by atoms with Crippen molar-refractivity contribution < 1.29 is 0 Å². The van der Waals surface area contributed by atoms with Crippen LogP contribution in [0.25, 0.3) is 11.0 Å². The van der Waals surface area contributed by atoms with Crippen LogP contribution in [0.2, 0.25) is 0 Å². The minimum atomic E-state index is 0.580. The first-order chi connectivity index (χ1) is 9.61. The Kier molecular flexibility index (Phi) is 3.10. The van der Waals surface area contributed by atoms with Gasteiger partial charge < -0.3 is 10.3 Å². The highest BCUT2D eigenvalue weighted by Gasteiger charge is 2.05.